The highest BCUT2D eigenvalue weighted by Crippen LogP contribution is 2.60. The van der Waals surface area contributed by atoms with E-state index in [0.717, 1.165) is 17.2 Å². The van der Waals surface area contributed by atoms with Crippen LogP contribution in [0.2, 0.25) is 0 Å². The third-order valence-electron chi connectivity index (χ3n) is 6.00. The maximum absolute atomic E-state index is 12.7. The molecule has 3 unspecified atom stereocenters. The summed E-state index contributed by atoms with van der Waals surface area (Å²) in [6, 6.07) is 9.86. The highest BCUT2D eigenvalue weighted by atomic mass is 35.5. The Balaban J connectivity index is 1.70. The molecule has 1 aromatic rings. The molecule has 0 aromatic heterocycles. The van der Waals surface area contributed by atoms with Gasteiger partial charge in [0.15, 0.2) is 0 Å². The van der Waals surface area contributed by atoms with E-state index >= 15 is 0 Å². The lowest BCUT2D eigenvalue weighted by molar-refractivity contribution is -0.148. The van der Waals surface area contributed by atoms with Gasteiger partial charge in [-0.1, -0.05) is 87.0 Å². The molecule has 0 saturated heterocycles. The number of carbonyl (C=O) groups excluding carboxylic acids is 1. The molecule has 0 radical (unpaired) electrons. The molecule has 3 rings (SSSR count). The molecule has 0 N–H and O–H groups in total. The van der Waals surface area contributed by atoms with Gasteiger partial charge in [0.05, 0.1) is 5.92 Å². The van der Waals surface area contributed by atoms with E-state index in [1.165, 1.54) is 0 Å². The van der Waals surface area contributed by atoms with Crippen molar-refractivity contribution < 1.29 is 22.7 Å². The molecule has 1 aromatic carbocycles. The Kier molecular flexibility index (Phi) is 5.74. The van der Waals surface area contributed by atoms with Crippen molar-refractivity contribution in [3.05, 3.63) is 65.2 Å². The molecule has 3 atom stereocenters. The molecule has 6 heteroatoms. The molecule has 0 amide bonds. The molecule has 1 fully saturated rings. The fourth-order valence-corrected chi connectivity index (χ4v) is 4.15. The normalized spacial score (nSPS) is 28.7. The van der Waals surface area contributed by atoms with Gasteiger partial charge in [0, 0.05) is 5.41 Å². The molecule has 1 saturated carbocycles. The minimum Gasteiger partial charge on any atom is -0.464 e. The van der Waals surface area contributed by atoms with Crippen LogP contribution >= 0.6 is 11.6 Å². The molecule has 0 bridgehead atoms. The van der Waals surface area contributed by atoms with Crippen LogP contribution in [-0.2, 0) is 9.53 Å². The van der Waals surface area contributed by atoms with Crippen molar-refractivity contribution in [2.45, 2.75) is 33.4 Å². The third kappa shape index (κ3) is 4.45. The number of allylic oxidation sites excluding steroid dienone is 5. The Labute approximate surface area is 174 Å². The number of halogens is 4. The maximum Gasteiger partial charge on any atom is 0.426 e. The number of esters is 1. The molecule has 0 heterocycles. The van der Waals surface area contributed by atoms with Crippen LogP contribution in [0, 0.1) is 22.7 Å². The van der Waals surface area contributed by atoms with E-state index in [-0.39, 0.29) is 6.61 Å². The van der Waals surface area contributed by atoms with Crippen LogP contribution < -0.4 is 0 Å². The summed E-state index contributed by atoms with van der Waals surface area (Å²) in [5.41, 5.74) is 1.10. The molecule has 156 valence electrons. The number of alkyl halides is 3. The summed E-state index contributed by atoms with van der Waals surface area (Å²) in [5.74, 6) is -1.70. The SMILES string of the molecule is CC1(COC(=O)C2C(/C=C(\Cl)C(F)(F)F)C2(C)C)CC=CC=C1c1ccccc1. The Morgan fingerprint density at radius 3 is 2.52 bits per heavy atom. The van der Waals surface area contributed by atoms with Crippen LogP contribution in [-0.4, -0.2) is 18.8 Å². The van der Waals surface area contributed by atoms with Gasteiger partial charge in [-0.2, -0.15) is 13.2 Å². The maximum atomic E-state index is 12.7. The van der Waals surface area contributed by atoms with Crippen LogP contribution in [0.5, 0.6) is 0 Å². The average Bonchev–Trinajstić information content (AvgIpc) is 3.20. The number of carbonyl (C=O) groups is 1. The number of hydrogen-bond acceptors (Lipinski definition) is 2. The van der Waals surface area contributed by atoms with Crippen molar-refractivity contribution in [3.8, 4) is 0 Å². The smallest absolute Gasteiger partial charge is 0.426 e. The van der Waals surface area contributed by atoms with Gasteiger partial charge in [0.25, 0.3) is 0 Å². The first-order chi connectivity index (χ1) is 13.5. The first-order valence-corrected chi connectivity index (χ1v) is 9.88. The first kappa shape index (κ1) is 21.7. The standard InChI is InChI=1S/C23H24ClF3O2/c1-21(2)17(13-18(24)23(25,26)27)19(21)20(28)29-14-22(3)12-8-7-11-16(22)15-9-5-4-6-10-15/h4-11,13,17,19H,12,14H2,1-3H3/b18-13-. The van der Waals surface area contributed by atoms with Gasteiger partial charge in [-0.3, -0.25) is 4.79 Å². The second-order valence-corrected chi connectivity index (χ2v) is 8.99. The zero-order valence-electron chi connectivity index (χ0n) is 16.6. The molecular formula is C23H24ClF3O2. The van der Waals surface area contributed by atoms with Gasteiger partial charge in [-0.25, -0.2) is 0 Å². The Morgan fingerprint density at radius 2 is 1.90 bits per heavy atom. The minimum absolute atomic E-state index is 0.160. The van der Waals surface area contributed by atoms with Crippen molar-refractivity contribution >= 4 is 23.1 Å². The van der Waals surface area contributed by atoms with Crippen LogP contribution in [0.1, 0.15) is 32.8 Å². The van der Waals surface area contributed by atoms with Crippen molar-refractivity contribution in [2.24, 2.45) is 22.7 Å². The van der Waals surface area contributed by atoms with Gasteiger partial charge >= 0.3 is 12.1 Å². The van der Waals surface area contributed by atoms with Crippen molar-refractivity contribution in [1.29, 1.82) is 0 Å². The summed E-state index contributed by atoms with van der Waals surface area (Å²) in [6.45, 7) is 5.69. The highest BCUT2D eigenvalue weighted by Gasteiger charge is 2.62. The highest BCUT2D eigenvalue weighted by molar-refractivity contribution is 6.30. The lowest BCUT2D eigenvalue weighted by Crippen LogP contribution is -2.28. The van der Waals surface area contributed by atoms with Gasteiger partial charge in [-0.05, 0) is 28.9 Å². The summed E-state index contributed by atoms with van der Waals surface area (Å²) >= 11 is 5.37. The summed E-state index contributed by atoms with van der Waals surface area (Å²) in [5, 5.41) is -1.19. The van der Waals surface area contributed by atoms with Gasteiger partial charge in [0.1, 0.15) is 11.6 Å². The summed E-state index contributed by atoms with van der Waals surface area (Å²) < 4.78 is 43.8. The van der Waals surface area contributed by atoms with E-state index in [1.807, 2.05) is 55.5 Å². The van der Waals surface area contributed by atoms with E-state index in [4.69, 9.17) is 16.3 Å². The number of benzene rings is 1. The lowest BCUT2D eigenvalue weighted by atomic mass is 9.74. The quantitative estimate of drug-likeness (QED) is 0.502. The van der Waals surface area contributed by atoms with Gasteiger partial charge in [-0.15, -0.1) is 0 Å². The van der Waals surface area contributed by atoms with E-state index in [9.17, 15) is 18.0 Å². The topological polar surface area (TPSA) is 26.3 Å². The number of hydrogen-bond donors (Lipinski definition) is 0. The average molecular weight is 425 g/mol. The van der Waals surface area contributed by atoms with Gasteiger partial charge in [0.2, 0.25) is 0 Å². The molecule has 2 aliphatic rings. The summed E-state index contributed by atoms with van der Waals surface area (Å²) in [6.07, 6.45) is 3.06. The Hall–Kier alpha value is -2.01. The molecule has 2 nitrogen and oxygen atoms in total. The van der Waals surface area contributed by atoms with E-state index in [1.54, 1.807) is 13.8 Å². The van der Waals surface area contributed by atoms with Crippen LogP contribution in [0.4, 0.5) is 13.2 Å². The van der Waals surface area contributed by atoms with Crippen LogP contribution in [0.3, 0.4) is 0 Å². The third-order valence-corrected chi connectivity index (χ3v) is 6.34. The molecule has 0 spiro atoms. The van der Waals surface area contributed by atoms with E-state index in [2.05, 4.69) is 0 Å². The fourth-order valence-electron chi connectivity index (χ4n) is 4.01. The second-order valence-electron chi connectivity index (χ2n) is 8.58. The van der Waals surface area contributed by atoms with Crippen molar-refractivity contribution in [2.75, 3.05) is 6.61 Å². The number of ether oxygens (including phenoxy) is 1. The van der Waals surface area contributed by atoms with Crippen molar-refractivity contribution in [1.82, 2.24) is 0 Å². The van der Waals surface area contributed by atoms with E-state index < -0.39 is 39.8 Å². The predicted molar refractivity (Wildman–Crippen MR) is 108 cm³/mol. The molecule has 2 aliphatic carbocycles. The molecule has 29 heavy (non-hydrogen) atoms. The molecule has 0 aliphatic heterocycles. The lowest BCUT2D eigenvalue weighted by Gasteiger charge is -2.33. The first-order valence-electron chi connectivity index (χ1n) is 9.51. The van der Waals surface area contributed by atoms with Crippen LogP contribution in [0.25, 0.3) is 5.57 Å². The molecular weight excluding hydrogens is 401 g/mol. The summed E-state index contributed by atoms with van der Waals surface area (Å²) in [4.78, 5) is 12.7. The van der Waals surface area contributed by atoms with Crippen molar-refractivity contribution in [3.63, 3.8) is 0 Å². The zero-order valence-corrected chi connectivity index (χ0v) is 17.3. The van der Waals surface area contributed by atoms with Gasteiger partial charge < -0.3 is 4.74 Å². The minimum atomic E-state index is -4.61. The Morgan fingerprint density at radius 1 is 1.24 bits per heavy atom. The monoisotopic (exact) mass is 424 g/mol. The number of rotatable bonds is 5. The predicted octanol–water partition coefficient (Wildman–Crippen LogP) is 6.54. The second kappa shape index (κ2) is 7.67. The zero-order chi connectivity index (χ0) is 21.4. The van der Waals surface area contributed by atoms with E-state index in [0.29, 0.717) is 6.42 Å². The van der Waals surface area contributed by atoms with Crippen LogP contribution in [0.15, 0.2) is 59.7 Å². The largest absolute Gasteiger partial charge is 0.464 e. The summed E-state index contributed by atoms with van der Waals surface area (Å²) in [7, 11) is 0. The Bertz CT molecular complexity index is 868. The fraction of sp³-hybridized carbons (Fsp3) is 0.435.